The summed E-state index contributed by atoms with van der Waals surface area (Å²) in [7, 11) is 1.44. The quantitative estimate of drug-likeness (QED) is 0.796. The van der Waals surface area contributed by atoms with Gasteiger partial charge in [0.25, 0.3) is 5.91 Å². The van der Waals surface area contributed by atoms with Gasteiger partial charge >= 0.3 is 0 Å². The Labute approximate surface area is 133 Å². The molecule has 23 heavy (non-hydrogen) atoms. The Balaban J connectivity index is 1.89. The molecule has 0 aliphatic heterocycles. The minimum absolute atomic E-state index is 0.0794. The predicted octanol–water partition coefficient (Wildman–Crippen LogP) is 2.34. The van der Waals surface area contributed by atoms with Crippen LogP contribution in [-0.4, -0.2) is 25.9 Å². The van der Waals surface area contributed by atoms with Gasteiger partial charge in [-0.3, -0.25) is 9.59 Å². The zero-order valence-electron chi connectivity index (χ0n) is 12.5. The first-order valence-electron chi connectivity index (χ1n) is 6.90. The molecule has 2 rings (SSSR count). The number of benzene rings is 2. The number of rotatable bonds is 7. The maximum Gasteiger partial charge on any atom is 0.258 e. The Morgan fingerprint density at radius 2 is 2.00 bits per heavy atom. The smallest absolute Gasteiger partial charge is 0.258 e. The monoisotopic (exact) mass is 317 g/mol. The zero-order valence-corrected chi connectivity index (χ0v) is 12.5. The van der Waals surface area contributed by atoms with Crippen LogP contribution in [0, 0.1) is 5.82 Å². The summed E-state index contributed by atoms with van der Waals surface area (Å²) in [4.78, 5) is 22.5. The van der Waals surface area contributed by atoms with Crippen LogP contribution in [-0.2, 0) is 11.3 Å². The van der Waals surface area contributed by atoms with Crippen LogP contribution in [0.1, 0.15) is 15.9 Å². The number of hydrogen-bond acceptors (Lipinski definition) is 4. The molecule has 0 bridgehead atoms. The molecule has 5 nitrogen and oxygen atoms in total. The number of ether oxygens (including phenoxy) is 2. The van der Waals surface area contributed by atoms with Crippen LogP contribution < -0.4 is 14.8 Å². The summed E-state index contributed by atoms with van der Waals surface area (Å²) in [6.07, 6.45) is 0.688. The summed E-state index contributed by atoms with van der Waals surface area (Å²) < 4.78 is 23.9. The second kappa shape index (κ2) is 7.93. The predicted molar refractivity (Wildman–Crippen MR) is 82.1 cm³/mol. The van der Waals surface area contributed by atoms with E-state index in [4.69, 9.17) is 9.47 Å². The first kappa shape index (κ1) is 16.5. The van der Waals surface area contributed by atoms with Gasteiger partial charge in [0.15, 0.2) is 18.1 Å². The molecule has 0 aliphatic carbocycles. The fourth-order valence-electron chi connectivity index (χ4n) is 1.91. The molecule has 0 radical (unpaired) electrons. The molecular formula is C17H16FNO4. The number of carbonyl (C=O) groups is 2. The number of carbonyl (C=O) groups excluding carboxylic acids is 2. The van der Waals surface area contributed by atoms with E-state index in [-0.39, 0.29) is 19.0 Å². The Hall–Kier alpha value is -2.89. The second-order valence-corrected chi connectivity index (χ2v) is 4.68. The lowest BCUT2D eigenvalue weighted by atomic mass is 10.2. The lowest BCUT2D eigenvalue weighted by Crippen LogP contribution is -2.28. The average molecular weight is 317 g/mol. The van der Waals surface area contributed by atoms with Crippen LogP contribution in [0.25, 0.3) is 0 Å². The van der Waals surface area contributed by atoms with E-state index in [0.717, 1.165) is 0 Å². The summed E-state index contributed by atoms with van der Waals surface area (Å²) >= 11 is 0. The van der Waals surface area contributed by atoms with Crippen molar-refractivity contribution in [2.45, 2.75) is 6.54 Å². The van der Waals surface area contributed by atoms with Crippen molar-refractivity contribution in [3.63, 3.8) is 0 Å². The molecule has 2 aromatic carbocycles. The lowest BCUT2D eigenvalue weighted by Gasteiger charge is -2.11. The summed E-state index contributed by atoms with van der Waals surface area (Å²) in [5.41, 5.74) is 0.840. The van der Waals surface area contributed by atoms with Crippen LogP contribution in [0.5, 0.6) is 11.5 Å². The summed E-state index contributed by atoms with van der Waals surface area (Å²) in [5, 5.41) is 2.57. The van der Waals surface area contributed by atoms with Crippen molar-refractivity contribution in [2.24, 2.45) is 0 Å². The van der Waals surface area contributed by atoms with E-state index in [9.17, 15) is 14.0 Å². The van der Waals surface area contributed by atoms with Gasteiger partial charge in [-0.1, -0.05) is 18.2 Å². The molecule has 120 valence electrons. The van der Waals surface area contributed by atoms with Crippen LogP contribution in [0.15, 0.2) is 42.5 Å². The van der Waals surface area contributed by atoms with Gasteiger partial charge < -0.3 is 14.8 Å². The highest BCUT2D eigenvalue weighted by Crippen LogP contribution is 2.27. The van der Waals surface area contributed by atoms with E-state index in [2.05, 4.69) is 5.32 Å². The second-order valence-electron chi connectivity index (χ2n) is 4.68. The van der Waals surface area contributed by atoms with Gasteiger partial charge in [0, 0.05) is 17.7 Å². The highest BCUT2D eigenvalue weighted by molar-refractivity contribution is 5.78. The minimum Gasteiger partial charge on any atom is -0.493 e. The van der Waals surface area contributed by atoms with Gasteiger partial charge in [-0.05, 0) is 24.3 Å². The summed E-state index contributed by atoms with van der Waals surface area (Å²) in [6.45, 7) is -0.165. The van der Waals surface area contributed by atoms with E-state index in [1.54, 1.807) is 30.3 Å². The third-order valence-electron chi connectivity index (χ3n) is 3.12. The highest BCUT2D eigenvalue weighted by Gasteiger charge is 2.09. The van der Waals surface area contributed by atoms with Crippen molar-refractivity contribution < 1.29 is 23.5 Å². The van der Waals surface area contributed by atoms with E-state index >= 15 is 0 Å². The van der Waals surface area contributed by atoms with Gasteiger partial charge in [-0.15, -0.1) is 0 Å². The van der Waals surface area contributed by atoms with Crippen molar-refractivity contribution in [1.29, 1.82) is 0 Å². The van der Waals surface area contributed by atoms with Crippen LogP contribution in [0.2, 0.25) is 0 Å². The number of halogens is 1. The molecule has 0 spiro atoms. The van der Waals surface area contributed by atoms with Crippen LogP contribution in [0.3, 0.4) is 0 Å². The Morgan fingerprint density at radius 3 is 2.70 bits per heavy atom. The van der Waals surface area contributed by atoms with Crippen LogP contribution >= 0.6 is 0 Å². The molecule has 1 N–H and O–H groups in total. The fourth-order valence-corrected chi connectivity index (χ4v) is 1.91. The first-order chi connectivity index (χ1) is 11.1. The molecule has 0 aromatic heterocycles. The average Bonchev–Trinajstić information content (AvgIpc) is 2.59. The Morgan fingerprint density at radius 1 is 1.22 bits per heavy atom. The highest BCUT2D eigenvalue weighted by atomic mass is 19.1. The Kier molecular flexibility index (Phi) is 5.68. The number of nitrogens with one attached hydrogen (secondary N) is 1. The fraction of sp³-hybridized carbons (Fsp3) is 0.176. The van der Waals surface area contributed by atoms with Crippen molar-refractivity contribution in [2.75, 3.05) is 13.7 Å². The molecule has 0 fully saturated rings. The third-order valence-corrected chi connectivity index (χ3v) is 3.12. The topological polar surface area (TPSA) is 64.6 Å². The van der Waals surface area contributed by atoms with Gasteiger partial charge in [-0.25, -0.2) is 4.39 Å². The van der Waals surface area contributed by atoms with E-state index in [0.29, 0.717) is 28.9 Å². The Bertz CT molecular complexity index is 703. The van der Waals surface area contributed by atoms with E-state index in [1.807, 2.05) is 0 Å². The van der Waals surface area contributed by atoms with Gasteiger partial charge in [-0.2, -0.15) is 0 Å². The summed E-state index contributed by atoms with van der Waals surface area (Å²) in [6, 6.07) is 10.8. The molecule has 0 atom stereocenters. The molecule has 6 heteroatoms. The number of methoxy groups -OCH3 is 1. The number of hydrogen-bond donors (Lipinski definition) is 1. The third kappa shape index (κ3) is 4.54. The standard InChI is InChI=1S/C17H16FNO4/c1-22-16-8-12(10-20)6-7-15(16)23-11-17(21)19-9-13-4-2-3-5-14(13)18/h2-8,10H,9,11H2,1H3,(H,19,21). The molecule has 0 unspecified atom stereocenters. The van der Waals surface area contributed by atoms with Gasteiger partial charge in [0.05, 0.1) is 7.11 Å². The first-order valence-corrected chi connectivity index (χ1v) is 6.90. The maximum atomic E-state index is 13.4. The van der Waals surface area contributed by atoms with Crippen molar-refractivity contribution in [3.05, 3.63) is 59.4 Å². The van der Waals surface area contributed by atoms with E-state index in [1.165, 1.54) is 19.2 Å². The van der Waals surface area contributed by atoms with E-state index < -0.39 is 5.91 Å². The molecule has 1 amide bonds. The lowest BCUT2D eigenvalue weighted by molar-refractivity contribution is -0.123. The molecule has 0 saturated heterocycles. The van der Waals surface area contributed by atoms with Crippen molar-refractivity contribution >= 4 is 12.2 Å². The molecule has 2 aromatic rings. The van der Waals surface area contributed by atoms with Gasteiger partial charge in [0.2, 0.25) is 0 Å². The minimum atomic E-state index is -0.394. The SMILES string of the molecule is COc1cc(C=O)ccc1OCC(=O)NCc1ccccc1F. The number of aldehydes is 1. The van der Waals surface area contributed by atoms with Crippen molar-refractivity contribution in [1.82, 2.24) is 5.32 Å². The molecule has 0 saturated carbocycles. The summed E-state index contributed by atoms with van der Waals surface area (Å²) in [5.74, 6) is -0.0646. The largest absolute Gasteiger partial charge is 0.493 e. The van der Waals surface area contributed by atoms with Crippen LogP contribution in [0.4, 0.5) is 4.39 Å². The molecule has 0 aliphatic rings. The molecular weight excluding hydrogens is 301 g/mol. The number of amides is 1. The van der Waals surface area contributed by atoms with Gasteiger partial charge in [0.1, 0.15) is 12.1 Å². The maximum absolute atomic E-state index is 13.4. The molecule has 0 heterocycles. The van der Waals surface area contributed by atoms with Crippen molar-refractivity contribution in [3.8, 4) is 11.5 Å². The normalized spacial score (nSPS) is 10.0. The zero-order chi connectivity index (χ0) is 16.7.